The van der Waals surface area contributed by atoms with Crippen LogP contribution in [0.25, 0.3) is 0 Å². The van der Waals surface area contributed by atoms with Gasteiger partial charge in [0.05, 0.1) is 11.2 Å². The summed E-state index contributed by atoms with van der Waals surface area (Å²) >= 11 is 0. The number of anilines is 1. The predicted molar refractivity (Wildman–Crippen MR) is 76.5 cm³/mol. The van der Waals surface area contributed by atoms with Gasteiger partial charge in [-0.25, -0.2) is 9.93 Å². The lowest BCUT2D eigenvalue weighted by atomic mass is 10.2. The average molecular weight is 326 g/mol. The Morgan fingerprint density at radius 2 is 2.18 bits per heavy atom. The topological polar surface area (TPSA) is 155 Å². The number of hydrogen-bond donors (Lipinski definition) is 4. The van der Waals surface area contributed by atoms with Gasteiger partial charge in [0.25, 0.3) is 10.2 Å². The average Bonchev–Trinajstić information content (AvgIpc) is 3.14. The van der Waals surface area contributed by atoms with E-state index in [0.29, 0.717) is 12.8 Å². The van der Waals surface area contributed by atoms with Crippen LogP contribution in [0, 0.1) is 11.3 Å². The maximum atomic E-state index is 11.1. The van der Waals surface area contributed by atoms with E-state index in [9.17, 15) is 18.5 Å². The van der Waals surface area contributed by atoms with Gasteiger partial charge >= 0.3 is 6.09 Å². The van der Waals surface area contributed by atoms with Crippen molar-refractivity contribution >= 4 is 22.0 Å². The van der Waals surface area contributed by atoms with E-state index < -0.39 is 21.8 Å². The van der Waals surface area contributed by atoms with Crippen molar-refractivity contribution in [2.24, 2.45) is 5.14 Å². The molecule has 0 atom stereocenters. The third kappa shape index (κ3) is 4.00. The lowest BCUT2D eigenvalue weighted by molar-refractivity contribution is 0.177. The second-order valence-electron chi connectivity index (χ2n) is 4.94. The summed E-state index contributed by atoms with van der Waals surface area (Å²) in [5, 5.41) is 25.2. The van der Waals surface area contributed by atoms with E-state index in [1.54, 1.807) is 0 Å². The minimum absolute atomic E-state index is 0.00135. The summed E-state index contributed by atoms with van der Waals surface area (Å²) in [6.07, 6.45) is 0.123. The Labute approximate surface area is 126 Å². The molecule has 1 aromatic carbocycles. The molecule has 1 fully saturated rings. The highest BCUT2D eigenvalue weighted by molar-refractivity contribution is 7.90. The van der Waals surface area contributed by atoms with E-state index in [2.05, 4.69) is 5.32 Å². The molecule has 0 radical (unpaired) electrons. The largest absolute Gasteiger partial charge is 0.490 e. The summed E-state index contributed by atoms with van der Waals surface area (Å²) < 4.78 is 29.7. The molecule has 1 amide bonds. The molecule has 1 aromatic rings. The summed E-state index contributed by atoms with van der Waals surface area (Å²) in [6, 6.07) is 6.20. The van der Waals surface area contributed by atoms with Crippen LogP contribution < -0.4 is 19.9 Å². The number of carbonyl (C=O) groups is 1. The lowest BCUT2D eigenvalue weighted by Gasteiger charge is -2.17. The number of amides is 1. The standard InChI is InChI=1S/C12H14N4O5S/c13-6-8-9(16-22(14,19)20)2-1-3-10(8)21-7-12(4-5-12)15-11(17)18/h1-3,15-16H,4-5,7H2,(H,17,18)(H2,14,19,20). The van der Waals surface area contributed by atoms with Gasteiger partial charge in [-0.1, -0.05) is 6.07 Å². The Kier molecular flexibility index (Phi) is 4.11. The quantitative estimate of drug-likeness (QED) is 0.591. The first-order chi connectivity index (χ1) is 10.2. The summed E-state index contributed by atoms with van der Waals surface area (Å²) in [5.74, 6) is 0.148. The molecular formula is C12H14N4O5S. The third-order valence-corrected chi connectivity index (χ3v) is 3.62. The van der Waals surface area contributed by atoms with E-state index in [1.165, 1.54) is 18.2 Å². The van der Waals surface area contributed by atoms with Gasteiger partial charge in [-0.05, 0) is 25.0 Å². The highest BCUT2D eigenvalue weighted by Gasteiger charge is 2.45. The van der Waals surface area contributed by atoms with Crippen LogP contribution in [0.15, 0.2) is 18.2 Å². The van der Waals surface area contributed by atoms with Gasteiger partial charge in [0.1, 0.15) is 24.0 Å². The van der Waals surface area contributed by atoms with Crippen molar-refractivity contribution in [1.29, 1.82) is 5.26 Å². The Hall–Kier alpha value is -2.51. The number of nitrogens with one attached hydrogen (secondary N) is 2. The molecule has 0 heterocycles. The molecule has 10 heteroatoms. The number of carboxylic acid groups (broad SMARTS) is 1. The zero-order chi connectivity index (χ0) is 16.4. The molecule has 1 saturated carbocycles. The van der Waals surface area contributed by atoms with Gasteiger partial charge in [0.15, 0.2) is 0 Å². The molecule has 0 bridgehead atoms. The molecule has 1 aliphatic carbocycles. The van der Waals surface area contributed by atoms with Crippen molar-refractivity contribution in [3.05, 3.63) is 23.8 Å². The van der Waals surface area contributed by atoms with Crippen molar-refractivity contribution in [1.82, 2.24) is 5.32 Å². The van der Waals surface area contributed by atoms with Crippen LogP contribution in [-0.2, 0) is 10.2 Å². The Morgan fingerprint density at radius 1 is 1.50 bits per heavy atom. The monoisotopic (exact) mass is 326 g/mol. The van der Waals surface area contributed by atoms with Crippen molar-refractivity contribution in [2.75, 3.05) is 11.3 Å². The van der Waals surface area contributed by atoms with Gasteiger partial charge in [-0.2, -0.15) is 13.7 Å². The fourth-order valence-corrected chi connectivity index (χ4v) is 2.38. The third-order valence-electron chi connectivity index (χ3n) is 3.12. The summed E-state index contributed by atoms with van der Waals surface area (Å²) in [5.41, 5.74) is -0.678. The van der Waals surface area contributed by atoms with E-state index in [4.69, 9.17) is 15.0 Å². The highest BCUT2D eigenvalue weighted by atomic mass is 32.2. The molecular weight excluding hydrogens is 312 g/mol. The van der Waals surface area contributed by atoms with E-state index in [1.807, 2.05) is 10.8 Å². The number of nitrogens with zero attached hydrogens (tertiary/aromatic N) is 1. The Morgan fingerprint density at radius 3 is 2.68 bits per heavy atom. The molecule has 22 heavy (non-hydrogen) atoms. The first kappa shape index (κ1) is 15.9. The maximum absolute atomic E-state index is 11.1. The number of nitrogens with two attached hydrogens (primary N) is 1. The summed E-state index contributed by atoms with van der Waals surface area (Å²) in [7, 11) is -4.02. The van der Waals surface area contributed by atoms with Crippen molar-refractivity contribution in [2.45, 2.75) is 18.4 Å². The molecule has 1 aliphatic rings. The van der Waals surface area contributed by atoms with Gasteiger partial charge in [0, 0.05) is 0 Å². The molecule has 0 aromatic heterocycles. The minimum Gasteiger partial charge on any atom is -0.490 e. The van der Waals surface area contributed by atoms with Crippen molar-refractivity contribution < 1.29 is 23.1 Å². The zero-order valence-electron chi connectivity index (χ0n) is 11.4. The van der Waals surface area contributed by atoms with Crippen LogP contribution >= 0.6 is 0 Å². The SMILES string of the molecule is N#Cc1c(NS(N)(=O)=O)cccc1OCC1(NC(=O)O)CC1. The summed E-state index contributed by atoms with van der Waals surface area (Å²) in [6.45, 7) is 0.0484. The molecule has 0 unspecified atom stereocenters. The number of benzene rings is 1. The van der Waals surface area contributed by atoms with Gasteiger partial charge in [-0.15, -0.1) is 0 Å². The molecule has 0 saturated heterocycles. The second-order valence-corrected chi connectivity index (χ2v) is 6.23. The van der Waals surface area contributed by atoms with E-state index in [-0.39, 0.29) is 23.6 Å². The van der Waals surface area contributed by atoms with E-state index >= 15 is 0 Å². The van der Waals surface area contributed by atoms with Crippen LogP contribution in [-0.4, -0.2) is 31.8 Å². The molecule has 5 N–H and O–H groups in total. The fourth-order valence-electron chi connectivity index (χ4n) is 1.90. The Bertz CT molecular complexity index is 736. The fraction of sp³-hybridized carbons (Fsp3) is 0.333. The van der Waals surface area contributed by atoms with Gasteiger partial charge < -0.3 is 15.2 Å². The highest BCUT2D eigenvalue weighted by Crippen LogP contribution is 2.36. The van der Waals surface area contributed by atoms with Gasteiger partial charge in [0.2, 0.25) is 0 Å². The maximum Gasteiger partial charge on any atom is 0.405 e. The second kappa shape index (κ2) is 5.70. The predicted octanol–water partition coefficient (Wildman–Crippen LogP) is 0.353. The molecule has 0 aliphatic heterocycles. The molecule has 0 spiro atoms. The zero-order valence-corrected chi connectivity index (χ0v) is 12.2. The molecule has 118 valence electrons. The van der Waals surface area contributed by atoms with Crippen LogP contribution in [0.3, 0.4) is 0 Å². The number of rotatable bonds is 6. The Balaban J connectivity index is 2.16. The molecule has 9 nitrogen and oxygen atoms in total. The summed E-state index contributed by atoms with van der Waals surface area (Å²) in [4.78, 5) is 10.7. The number of nitriles is 1. The number of ether oxygens (including phenoxy) is 1. The number of hydrogen-bond acceptors (Lipinski definition) is 5. The van der Waals surface area contributed by atoms with Crippen LogP contribution in [0.5, 0.6) is 5.75 Å². The van der Waals surface area contributed by atoms with Crippen molar-refractivity contribution in [3.63, 3.8) is 0 Å². The van der Waals surface area contributed by atoms with Crippen LogP contribution in [0.4, 0.5) is 10.5 Å². The minimum atomic E-state index is -4.02. The van der Waals surface area contributed by atoms with Crippen molar-refractivity contribution in [3.8, 4) is 11.8 Å². The lowest BCUT2D eigenvalue weighted by Crippen LogP contribution is -2.40. The smallest absolute Gasteiger partial charge is 0.405 e. The van der Waals surface area contributed by atoms with Crippen LogP contribution in [0.1, 0.15) is 18.4 Å². The first-order valence-corrected chi connectivity index (χ1v) is 7.77. The van der Waals surface area contributed by atoms with Gasteiger partial charge in [-0.3, -0.25) is 4.72 Å². The van der Waals surface area contributed by atoms with Crippen LogP contribution in [0.2, 0.25) is 0 Å². The first-order valence-electron chi connectivity index (χ1n) is 6.22. The normalized spacial score (nSPS) is 15.5. The van der Waals surface area contributed by atoms with E-state index in [0.717, 1.165) is 0 Å². The molecule has 2 rings (SSSR count).